The number of ketones is 1. The molecule has 0 saturated carbocycles. The van der Waals surface area contributed by atoms with Crippen LogP contribution in [0.15, 0.2) is 0 Å². The topological polar surface area (TPSA) is 20.3 Å². The van der Waals surface area contributed by atoms with Crippen LogP contribution in [0.5, 0.6) is 0 Å². The maximum Gasteiger partial charge on any atom is 0.138 e. The molecule has 0 fully saturated rings. The molecule has 0 amide bonds. The van der Waals surface area contributed by atoms with Crippen molar-refractivity contribution in [2.24, 2.45) is 11.8 Å². The Balaban J connectivity index is 4.05. The molecule has 0 aliphatic heterocycles. The third-order valence-electron chi connectivity index (χ3n) is 3.15. The van der Waals surface area contributed by atoms with Gasteiger partial charge in [-0.15, -0.1) is 0 Å². The lowest BCUT2D eigenvalue weighted by Gasteiger charge is -2.22. The van der Waals surface area contributed by atoms with Crippen LogP contribution < -0.4 is 0 Å². The zero-order valence-corrected chi connectivity index (χ0v) is 11.0. The maximum absolute atomic E-state index is 11.8. The van der Waals surface area contributed by atoms with Crippen LogP contribution in [0.25, 0.3) is 0 Å². The molecule has 0 rings (SSSR count). The molecule has 0 saturated heterocycles. The molecule has 0 aliphatic rings. The van der Waals surface area contributed by atoms with Crippen LogP contribution in [-0.4, -0.2) is 30.3 Å². The highest BCUT2D eigenvalue weighted by atomic mass is 16.1. The highest BCUT2D eigenvalue weighted by Crippen LogP contribution is 2.15. The van der Waals surface area contributed by atoms with Crippen molar-refractivity contribution in [2.45, 2.75) is 47.5 Å². The summed E-state index contributed by atoms with van der Waals surface area (Å²) < 4.78 is 0. The molecular weight excluding hydrogens is 186 g/mol. The third kappa shape index (κ3) is 5.31. The number of hydrogen-bond acceptors (Lipinski definition) is 2. The first kappa shape index (κ1) is 14.6. The average molecular weight is 213 g/mol. The Bertz CT molecular complexity index is 173. The lowest BCUT2D eigenvalue weighted by Crippen LogP contribution is -2.28. The SMILES string of the molecule is CC[C@@H](CCN(CC)CC)C(=O)C(C)C. The molecule has 0 heterocycles. The molecule has 2 heteroatoms. The largest absolute Gasteiger partial charge is 0.304 e. The van der Waals surface area contributed by atoms with E-state index in [9.17, 15) is 4.79 Å². The Morgan fingerprint density at radius 1 is 1.13 bits per heavy atom. The van der Waals surface area contributed by atoms with E-state index in [1.807, 2.05) is 13.8 Å². The fourth-order valence-corrected chi connectivity index (χ4v) is 1.90. The fraction of sp³-hybridized carbons (Fsp3) is 0.923. The lowest BCUT2D eigenvalue weighted by atomic mass is 9.90. The minimum Gasteiger partial charge on any atom is -0.304 e. The molecule has 0 spiro atoms. The van der Waals surface area contributed by atoms with E-state index in [4.69, 9.17) is 0 Å². The van der Waals surface area contributed by atoms with E-state index >= 15 is 0 Å². The fourth-order valence-electron chi connectivity index (χ4n) is 1.90. The summed E-state index contributed by atoms with van der Waals surface area (Å²) in [4.78, 5) is 14.2. The molecule has 0 aromatic rings. The maximum atomic E-state index is 11.8. The number of hydrogen-bond donors (Lipinski definition) is 0. The molecule has 0 unspecified atom stereocenters. The molecule has 90 valence electrons. The standard InChI is InChI=1S/C13H27NO/c1-6-12(13(15)11(4)5)9-10-14(7-2)8-3/h11-12H,6-10H2,1-5H3/t12-/m0/s1. The van der Waals surface area contributed by atoms with Crippen molar-refractivity contribution < 1.29 is 4.79 Å². The zero-order chi connectivity index (χ0) is 11.8. The molecule has 0 aromatic carbocycles. The van der Waals surface area contributed by atoms with Crippen LogP contribution in [0.4, 0.5) is 0 Å². The Morgan fingerprint density at radius 3 is 2.00 bits per heavy atom. The van der Waals surface area contributed by atoms with Crippen LogP contribution in [-0.2, 0) is 4.79 Å². The molecular formula is C13H27NO. The summed E-state index contributed by atoms with van der Waals surface area (Å²) in [5.74, 6) is 0.891. The second kappa shape index (κ2) is 7.86. The van der Waals surface area contributed by atoms with E-state index in [2.05, 4.69) is 25.7 Å². The van der Waals surface area contributed by atoms with E-state index in [0.717, 1.165) is 32.5 Å². The van der Waals surface area contributed by atoms with Crippen molar-refractivity contribution >= 4 is 5.78 Å². The van der Waals surface area contributed by atoms with Crippen molar-refractivity contribution in [1.29, 1.82) is 0 Å². The minimum absolute atomic E-state index is 0.187. The van der Waals surface area contributed by atoms with Gasteiger partial charge in [-0.3, -0.25) is 4.79 Å². The van der Waals surface area contributed by atoms with Crippen LogP contribution in [0, 0.1) is 11.8 Å². The van der Waals surface area contributed by atoms with Crippen molar-refractivity contribution in [1.82, 2.24) is 4.90 Å². The van der Waals surface area contributed by atoms with E-state index in [0.29, 0.717) is 5.78 Å². The first-order chi connectivity index (χ1) is 7.06. The Hall–Kier alpha value is -0.370. The highest BCUT2D eigenvalue weighted by molar-refractivity contribution is 5.82. The van der Waals surface area contributed by atoms with Gasteiger partial charge in [-0.25, -0.2) is 0 Å². The smallest absolute Gasteiger partial charge is 0.138 e. The lowest BCUT2D eigenvalue weighted by molar-refractivity contribution is -0.126. The van der Waals surface area contributed by atoms with E-state index in [1.54, 1.807) is 0 Å². The van der Waals surface area contributed by atoms with E-state index in [1.165, 1.54) is 0 Å². The minimum atomic E-state index is 0.187. The van der Waals surface area contributed by atoms with Gasteiger partial charge in [-0.1, -0.05) is 34.6 Å². The van der Waals surface area contributed by atoms with Crippen molar-refractivity contribution in [2.75, 3.05) is 19.6 Å². The molecule has 15 heavy (non-hydrogen) atoms. The van der Waals surface area contributed by atoms with Gasteiger partial charge >= 0.3 is 0 Å². The van der Waals surface area contributed by atoms with Gasteiger partial charge < -0.3 is 4.90 Å². The summed E-state index contributed by atoms with van der Waals surface area (Å²) in [7, 11) is 0. The number of nitrogens with zero attached hydrogens (tertiary/aromatic N) is 1. The van der Waals surface area contributed by atoms with Crippen LogP contribution in [0.3, 0.4) is 0 Å². The number of carbonyl (C=O) groups is 1. The third-order valence-corrected chi connectivity index (χ3v) is 3.15. The van der Waals surface area contributed by atoms with Crippen molar-refractivity contribution in [3.05, 3.63) is 0 Å². The van der Waals surface area contributed by atoms with E-state index in [-0.39, 0.29) is 11.8 Å². The summed E-state index contributed by atoms with van der Waals surface area (Å²) in [5, 5.41) is 0. The number of rotatable bonds is 8. The molecule has 2 nitrogen and oxygen atoms in total. The van der Waals surface area contributed by atoms with Crippen molar-refractivity contribution in [3.63, 3.8) is 0 Å². The predicted octanol–water partition coefficient (Wildman–Crippen LogP) is 2.97. The Kier molecular flexibility index (Phi) is 7.67. The first-order valence-electron chi connectivity index (χ1n) is 6.32. The van der Waals surface area contributed by atoms with Crippen LogP contribution in [0.2, 0.25) is 0 Å². The van der Waals surface area contributed by atoms with Crippen LogP contribution >= 0.6 is 0 Å². The second-order valence-corrected chi connectivity index (χ2v) is 4.48. The summed E-state index contributed by atoms with van der Waals surface area (Å²) in [6.45, 7) is 13.7. The summed E-state index contributed by atoms with van der Waals surface area (Å²) >= 11 is 0. The molecule has 0 N–H and O–H groups in total. The monoisotopic (exact) mass is 213 g/mol. The molecule has 0 radical (unpaired) electrons. The van der Waals surface area contributed by atoms with E-state index < -0.39 is 0 Å². The Morgan fingerprint density at radius 2 is 1.67 bits per heavy atom. The second-order valence-electron chi connectivity index (χ2n) is 4.48. The van der Waals surface area contributed by atoms with Gasteiger partial charge in [0.25, 0.3) is 0 Å². The number of Topliss-reactive ketones (excluding diaryl/α,β-unsaturated/α-hetero) is 1. The molecule has 0 aromatic heterocycles. The summed E-state index contributed by atoms with van der Waals surface area (Å²) in [6.07, 6.45) is 2.01. The average Bonchev–Trinajstić information content (AvgIpc) is 2.24. The van der Waals surface area contributed by atoms with Gasteiger partial charge in [0.2, 0.25) is 0 Å². The van der Waals surface area contributed by atoms with Gasteiger partial charge in [-0.2, -0.15) is 0 Å². The summed E-state index contributed by atoms with van der Waals surface area (Å²) in [5.41, 5.74) is 0. The molecule has 0 bridgehead atoms. The predicted molar refractivity (Wildman–Crippen MR) is 66.0 cm³/mol. The van der Waals surface area contributed by atoms with Gasteiger partial charge in [0.05, 0.1) is 0 Å². The highest BCUT2D eigenvalue weighted by Gasteiger charge is 2.19. The van der Waals surface area contributed by atoms with Gasteiger partial charge in [0, 0.05) is 11.8 Å². The zero-order valence-electron chi connectivity index (χ0n) is 11.0. The normalized spacial score (nSPS) is 13.5. The van der Waals surface area contributed by atoms with Gasteiger partial charge in [0.15, 0.2) is 0 Å². The molecule has 1 atom stereocenters. The van der Waals surface area contributed by atoms with Crippen LogP contribution in [0.1, 0.15) is 47.5 Å². The van der Waals surface area contributed by atoms with Crippen molar-refractivity contribution in [3.8, 4) is 0 Å². The number of carbonyl (C=O) groups excluding carboxylic acids is 1. The quantitative estimate of drug-likeness (QED) is 0.618. The van der Waals surface area contributed by atoms with Gasteiger partial charge in [-0.05, 0) is 32.5 Å². The first-order valence-corrected chi connectivity index (χ1v) is 6.32. The molecule has 0 aliphatic carbocycles. The van der Waals surface area contributed by atoms with Gasteiger partial charge in [0.1, 0.15) is 5.78 Å². The Labute approximate surface area is 95.0 Å². The summed E-state index contributed by atoms with van der Waals surface area (Å²) in [6, 6.07) is 0.